The molecule has 0 bridgehead atoms. The van der Waals surface area contributed by atoms with Crippen molar-refractivity contribution < 1.29 is 9.59 Å². The van der Waals surface area contributed by atoms with Crippen LogP contribution >= 0.6 is 11.6 Å². The lowest BCUT2D eigenvalue weighted by molar-refractivity contribution is -0.137. The quantitative estimate of drug-likeness (QED) is 0.308. The van der Waals surface area contributed by atoms with E-state index < -0.39 is 0 Å². The molecule has 3 heterocycles. The predicted molar refractivity (Wildman–Crippen MR) is 175 cm³/mol. The van der Waals surface area contributed by atoms with E-state index in [4.69, 9.17) is 11.6 Å². The van der Waals surface area contributed by atoms with Crippen LogP contribution in [-0.2, 0) is 17.8 Å². The van der Waals surface area contributed by atoms with E-state index in [1.807, 2.05) is 47.4 Å². The van der Waals surface area contributed by atoms with Gasteiger partial charge in [-0.05, 0) is 98.9 Å². The summed E-state index contributed by atoms with van der Waals surface area (Å²) in [5.74, 6) is 0.735. The third kappa shape index (κ3) is 8.11. The van der Waals surface area contributed by atoms with Gasteiger partial charge in [-0.2, -0.15) is 5.10 Å². The van der Waals surface area contributed by atoms with Crippen LogP contribution < -0.4 is 10.6 Å². The first kappa shape index (κ1) is 31.7. The van der Waals surface area contributed by atoms with Gasteiger partial charge >= 0.3 is 0 Å². The number of nitrogens with zero attached hydrogens (tertiary/aromatic N) is 5. The second-order valence-corrected chi connectivity index (χ2v) is 13.8. The van der Waals surface area contributed by atoms with Crippen molar-refractivity contribution in [2.75, 3.05) is 13.1 Å². The van der Waals surface area contributed by atoms with Crippen LogP contribution in [0.15, 0.2) is 61.3 Å². The molecule has 6 rings (SSSR count). The summed E-state index contributed by atoms with van der Waals surface area (Å²) in [6, 6.07) is 13.2. The zero-order chi connectivity index (χ0) is 31.1. The lowest BCUT2D eigenvalue weighted by Crippen LogP contribution is -2.56. The smallest absolute Gasteiger partial charge is 0.270 e. The number of rotatable bonds is 10. The molecule has 0 radical (unpaired) electrons. The molecule has 3 aliphatic rings. The van der Waals surface area contributed by atoms with Gasteiger partial charge in [0.25, 0.3) is 5.91 Å². The van der Waals surface area contributed by atoms with Crippen LogP contribution in [0.5, 0.6) is 0 Å². The molecule has 1 saturated heterocycles. The Morgan fingerprint density at radius 3 is 2.33 bits per heavy atom. The Balaban J connectivity index is 1.10. The lowest BCUT2D eigenvalue weighted by Gasteiger charge is -2.48. The van der Waals surface area contributed by atoms with Gasteiger partial charge in [-0.25, -0.2) is 4.98 Å². The van der Waals surface area contributed by atoms with Crippen molar-refractivity contribution in [1.82, 2.24) is 35.3 Å². The molecule has 240 valence electrons. The average molecular weight is 632 g/mol. The summed E-state index contributed by atoms with van der Waals surface area (Å²) in [7, 11) is 0. The fourth-order valence-corrected chi connectivity index (χ4v) is 8.09. The van der Waals surface area contributed by atoms with Crippen molar-refractivity contribution >= 4 is 23.4 Å². The maximum absolute atomic E-state index is 14.3. The molecule has 10 heteroatoms. The molecule has 3 fully saturated rings. The summed E-state index contributed by atoms with van der Waals surface area (Å²) in [6.45, 7) is 2.43. The minimum Gasteiger partial charge on any atom is -0.348 e. The predicted octanol–water partition coefficient (Wildman–Crippen LogP) is 5.46. The number of amides is 2. The normalized spacial score (nSPS) is 22.9. The number of carbonyl (C=O) groups excluding carboxylic acids is 2. The van der Waals surface area contributed by atoms with Gasteiger partial charge in [-0.15, -0.1) is 0 Å². The maximum atomic E-state index is 14.3. The molecule has 0 spiro atoms. The molecule has 1 aromatic carbocycles. The highest BCUT2D eigenvalue weighted by Gasteiger charge is 2.44. The largest absolute Gasteiger partial charge is 0.348 e. The molecule has 1 atom stereocenters. The highest BCUT2D eigenvalue weighted by atomic mass is 35.5. The standard InChI is InChI=1S/C35H46ClN7O2/c36-28-11-9-26(10-12-28)22-32(40-29-13-15-30(16-14-29)41-33(44)31-8-4-5-19-38-31)34(45)42-20-17-35(18-21-42,23-43-25-37-24-39-43)27-6-2-1-3-7-27/h4-5,8-12,19,24-25,27,29-30,32,40H,1-3,6-7,13-18,20-23H2,(H,41,44)/t29?,30?,32-/m1/s1. The van der Waals surface area contributed by atoms with Gasteiger partial charge in [0.05, 0.1) is 6.04 Å². The van der Waals surface area contributed by atoms with E-state index in [0.717, 1.165) is 63.7 Å². The highest BCUT2D eigenvalue weighted by molar-refractivity contribution is 6.30. The van der Waals surface area contributed by atoms with Gasteiger partial charge in [-0.1, -0.05) is 49.1 Å². The van der Waals surface area contributed by atoms with Crippen LogP contribution in [0.4, 0.5) is 0 Å². The first-order valence-electron chi connectivity index (χ1n) is 16.8. The number of carbonyl (C=O) groups is 2. The molecule has 2 N–H and O–H groups in total. The van der Waals surface area contributed by atoms with Crippen molar-refractivity contribution in [2.24, 2.45) is 11.3 Å². The van der Waals surface area contributed by atoms with E-state index >= 15 is 0 Å². The average Bonchev–Trinajstić information content (AvgIpc) is 3.60. The van der Waals surface area contributed by atoms with Gasteiger partial charge < -0.3 is 15.5 Å². The SMILES string of the molecule is O=C(NC1CCC(N[C@H](Cc2ccc(Cl)cc2)C(=O)N2CCC(Cn3cncn3)(C3CCCCC3)CC2)CC1)c1ccccn1. The van der Waals surface area contributed by atoms with E-state index in [1.165, 1.54) is 32.1 Å². The topological polar surface area (TPSA) is 105 Å². The van der Waals surface area contributed by atoms with Crippen LogP contribution in [0, 0.1) is 11.3 Å². The zero-order valence-corrected chi connectivity index (χ0v) is 26.9. The number of benzene rings is 1. The number of hydrogen-bond donors (Lipinski definition) is 2. The zero-order valence-electron chi connectivity index (χ0n) is 26.1. The second kappa shape index (κ2) is 14.9. The number of hydrogen-bond acceptors (Lipinski definition) is 6. The minimum absolute atomic E-state index is 0.114. The summed E-state index contributed by atoms with van der Waals surface area (Å²) in [4.78, 5) is 37.4. The lowest BCUT2D eigenvalue weighted by atomic mass is 9.63. The van der Waals surface area contributed by atoms with E-state index in [-0.39, 0.29) is 35.4 Å². The molecular weight excluding hydrogens is 586 g/mol. The minimum atomic E-state index is -0.312. The summed E-state index contributed by atoms with van der Waals surface area (Å²) >= 11 is 6.18. The Bertz CT molecular complexity index is 1360. The monoisotopic (exact) mass is 631 g/mol. The van der Waals surface area contributed by atoms with Crippen molar-refractivity contribution in [3.63, 3.8) is 0 Å². The molecule has 2 aliphatic carbocycles. The fraction of sp³-hybridized carbons (Fsp3) is 0.571. The van der Waals surface area contributed by atoms with Crippen molar-refractivity contribution in [3.05, 3.63) is 77.6 Å². The summed E-state index contributed by atoms with van der Waals surface area (Å²) in [5, 5.41) is 12.1. The summed E-state index contributed by atoms with van der Waals surface area (Å²) in [6.07, 6.45) is 17.7. The Morgan fingerprint density at radius 1 is 0.933 bits per heavy atom. The number of pyridine rings is 1. The maximum Gasteiger partial charge on any atom is 0.270 e. The van der Waals surface area contributed by atoms with Crippen LogP contribution in [0.25, 0.3) is 0 Å². The number of nitrogens with one attached hydrogen (secondary N) is 2. The highest BCUT2D eigenvalue weighted by Crippen LogP contribution is 2.47. The molecule has 2 aromatic heterocycles. The Hall–Kier alpha value is -3.30. The van der Waals surface area contributed by atoms with E-state index in [9.17, 15) is 9.59 Å². The number of aromatic nitrogens is 4. The van der Waals surface area contributed by atoms with Crippen molar-refractivity contribution in [1.29, 1.82) is 0 Å². The molecule has 3 aromatic rings. The Labute approximate surface area is 271 Å². The summed E-state index contributed by atoms with van der Waals surface area (Å²) < 4.78 is 2.01. The van der Waals surface area contributed by atoms with E-state index in [0.29, 0.717) is 23.1 Å². The molecule has 45 heavy (non-hydrogen) atoms. The van der Waals surface area contributed by atoms with Gasteiger partial charge in [0, 0.05) is 42.9 Å². The third-order valence-corrected chi connectivity index (χ3v) is 10.8. The number of piperidine rings is 1. The van der Waals surface area contributed by atoms with Crippen LogP contribution in [-0.4, -0.2) is 67.7 Å². The number of halogens is 1. The van der Waals surface area contributed by atoms with Crippen LogP contribution in [0.3, 0.4) is 0 Å². The molecule has 1 aliphatic heterocycles. The first-order chi connectivity index (χ1) is 22.0. The number of likely N-dealkylation sites (tertiary alicyclic amines) is 1. The van der Waals surface area contributed by atoms with Crippen molar-refractivity contribution in [2.45, 2.75) is 102 Å². The third-order valence-electron chi connectivity index (χ3n) is 10.5. The van der Waals surface area contributed by atoms with Gasteiger partial charge in [0.15, 0.2) is 0 Å². The molecule has 2 amide bonds. The molecule has 2 saturated carbocycles. The van der Waals surface area contributed by atoms with Crippen molar-refractivity contribution in [3.8, 4) is 0 Å². The first-order valence-corrected chi connectivity index (χ1v) is 17.2. The molecule has 9 nitrogen and oxygen atoms in total. The van der Waals surface area contributed by atoms with E-state index in [1.54, 1.807) is 18.6 Å². The summed E-state index contributed by atoms with van der Waals surface area (Å²) in [5.41, 5.74) is 1.70. The fourth-order valence-electron chi connectivity index (χ4n) is 7.96. The molecular formula is C35H46ClN7O2. The van der Waals surface area contributed by atoms with Gasteiger partial charge in [-0.3, -0.25) is 19.3 Å². The second-order valence-electron chi connectivity index (χ2n) is 13.4. The van der Waals surface area contributed by atoms with Gasteiger partial charge in [0.2, 0.25) is 5.91 Å². The Morgan fingerprint density at radius 2 is 1.67 bits per heavy atom. The van der Waals surface area contributed by atoms with Crippen LogP contribution in [0.1, 0.15) is 86.7 Å². The van der Waals surface area contributed by atoms with E-state index in [2.05, 4.69) is 30.6 Å². The van der Waals surface area contributed by atoms with Gasteiger partial charge in [0.1, 0.15) is 18.3 Å². The van der Waals surface area contributed by atoms with Crippen LogP contribution in [0.2, 0.25) is 5.02 Å². The Kier molecular flexibility index (Phi) is 10.5. The molecule has 0 unspecified atom stereocenters.